The zero-order valence-electron chi connectivity index (χ0n) is 20.9. The maximum absolute atomic E-state index is 13.7. The van der Waals surface area contributed by atoms with Gasteiger partial charge in [-0.1, -0.05) is 19.9 Å². The first-order valence-electron chi connectivity index (χ1n) is 12.8. The molecular formula is C25H32N8O3. The van der Waals surface area contributed by atoms with Gasteiger partial charge in [-0.3, -0.25) is 14.6 Å². The fourth-order valence-corrected chi connectivity index (χ4v) is 5.27. The molecule has 11 heteroatoms. The maximum atomic E-state index is 13.7. The highest BCUT2D eigenvalue weighted by atomic mass is 16.2. The third-order valence-electron chi connectivity index (χ3n) is 7.15. The average molecular weight is 493 g/mol. The summed E-state index contributed by atoms with van der Waals surface area (Å²) in [6, 6.07) is 3.78. The van der Waals surface area contributed by atoms with E-state index in [1.165, 1.54) is 4.52 Å². The molecule has 5 rings (SSSR count). The quantitative estimate of drug-likeness (QED) is 0.452. The van der Waals surface area contributed by atoms with E-state index in [4.69, 9.17) is 0 Å². The first-order chi connectivity index (χ1) is 17.6. The van der Waals surface area contributed by atoms with Crippen molar-refractivity contribution in [1.29, 1.82) is 0 Å². The molecule has 1 amide bonds. The summed E-state index contributed by atoms with van der Waals surface area (Å²) < 4.78 is 3.14. The minimum Gasteiger partial charge on any atom is -0.362 e. The standard InChI is InChI=1S/C25H32N8O3/c1-3-18-8-7-9-26-20(18)22(35)30-14-12-29(13-15-30)21-19(4-2)32(16-17-34)25-27-24(28-33(25)23(21)36)31-10-5-6-11-31/h7-9,17H,3-6,10-16H2,1-2H3. The van der Waals surface area contributed by atoms with Crippen molar-refractivity contribution >= 4 is 29.6 Å². The minimum absolute atomic E-state index is 0.0804. The Morgan fingerprint density at radius 3 is 2.44 bits per heavy atom. The Morgan fingerprint density at radius 2 is 1.78 bits per heavy atom. The Hall–Kier alpha value is -3.76. The molecular weight excluding hydrogens is 460 g/mol. The third kappa shape index (κ3) is 4.12. The van der Waals surface area contributed by atoms with Crippen LogP contribution >= 0.6 is 0 Å². The Labute approximate surface area is 209 Å². The van der Waals surface area contributed by atoms with Crippen LogP contribution in [0.2, 0.25) is 0 Å². The number of rotatable bonds is 7. The number of aldehydes is 1. The fraction of sp³-hybridized carbons (Fsp3) is 0.520. The second-order valence-electron chi connectivity index (χ2n) is 9.19. The first-order valence-corrected chi connectivity index (χ1v) is 12.8. The van der Waals surface area contributed by atoms with E-state index in [9.17, 15) is 14.4 Å². The van der Waals surface area contributed by atoms with Crippen LogP contribution in [0.1, 0.15) is 48.4 Å². The summed E-state index contributed by atoms with van der Waals surface area (Å²) in [6.45, 7) is 7.75. The van der Waals surface area contributed by atoms with E-state index in [-0.39, 0.29) is 18.0 Å². The van der Waals surface area contributed by atoms with E-state index >= 15 is 0 Å². The van der Waals surface area contributed by atoms with Gasteiger partial charge in [0, 0.05) is 45.5 Å². The number of pyridine rings is 1. The number of aryl methyl sites for hydroxylation is 1. The van der Waals surface area contributed by atoms with Gasteiger partial charge in [-0.25, -0.2) is 0 Å². The second kappa shape index (κ2) is 10.1. The smallest absolute Gasteiger partial charge is 0.299 e. The molecule has 11 nitrogen and oxygen atoms in total. The van der Waals surface area contributed by atoms with Crippen molar-refractivity contribution < 1.29 is 9.59 Å². The van der Waals surface area contributed by atoms with Gasteiger partial charge in [-0.05, 0) is 37.3 Å². The summed E-state index contributed by atoms with van der Waals surface area (Å²) in [5.74, 6) is 0.842. The number of amides is 1. The molecule has 0 aliphatic carbocycles. The van der Waals surface area contributed by atoms with Gasteiger partial charge in [-0.2, -0.15) is 9.50 Å². The molecule has 2 aliphatic heterocycles. The number of carbonyl (C=O) groups excluding carboxylic acids is 2. The summed E-state index contributed by atoms with van der Waals surface area (Å²) in [6.07, 6.45) is 5.92. The molecule has 2 aliphatic rings. The highest BCUT2D eigenvalue weighted by Crippen LogP contribution is 2.23. The lowest BCUT2D eigenvalue weighted by atomic mass is 10.1. The number of nitrogens with zero attached hydrogens (tertiary/aromatic N) is 8. The molecule has 3 aromatic heterocycles. The van der Waals surface area contributed by atoms with Crippen molar-refractivity contribution in [3.63, 3.8) is 0 Å². The lowest BCUT2D eigenvalue weighted by molar-refractivity contribution is -0.108. The normalized spacial score (nSPS) is 16.2. The van der Waals surface area contributed by atoms with Crippen molar-refractivity contribution in [3.05, 3.63) is 45.6 Å². The van der Waals surface area contributed by atoms with E-state index in [0.29, 0.717) is 55.7 Å². The lowest BCUT2D eigenvalue weighted by Gasteiger charge is -2.36. The zero-order valence-corrected chi connectivity index (χ0v) is 20.9. The van der Waals surface area contributed by atoms with Crippen LogP contribution in [0.3, 0.4) is 0 Å². The number of aromatic nitrogens is 5. The molecule has 0 unspecified atom stereocenters. The van der Waals surface area contributed by atoms with Crippen LogP contribution in [0.25, 0.3) is 5.78 Å². The number of hydrogen-bond acceptors (Lipinski definition) is 8. The summed E-state index contributed by atoms with van der Waals surface area (Å²) >= 11 is 0. The number of piperazine rings is 1. The van der Waals surface area contributed by atoms with Gasteiger partial charge >= 0.3 is 0 Å². The Balaban J connectivity index is 1.47. The summed E-state index contributed by atoms with van der Waals surface area (Å²) in [5, 5.41) is 4.55. The molecule has 190 valence electrons. The molecule has 0 radical (unpaired) electrons. The van der Waals surface area contributed by atoms with Gasteiger partial charge in [0.2, 0.25) is 11.7 Å². The molecule has 0 bridgehead atoms. The van der Waals surface area contributed by atoms with Crippen LogP contribution in [0.4, 0.5) is 11.6 Å². The Morgan fingerprint density at radius 1 is 1.03 bits per heavy atom. The van der Waals surface area contributed by atoms with Crippen molar-refractivity contribution in [1.82, 2.24) is 29.0 Å². The first kappa shape index (κ1) is 24.0. The van der Waals surface area contributed by atoms with Gasteiger partial charge < -0.3 is 24.1 Å². The van der Waals surface area contributed by atoms with Crippen LogP contribution in [0.5, 0.6) is 0 Å². The molecule has 0 N–H and O–H groups in total. The van der Waals surface area contributed by atoms with Crippen molar-refractivity contribution in [2.45, 2.75) is 46.1 Å². The van der Waals surface area contributed by atoms with Crippen LogP contribution in [0, 0.1) is 0 Å². The van der Waals surface area contributed by atoms with Crippen LogP contribution < -0.4 is 15.4 Å². The van der Waals surface area contributed by atoms with Crippen LogP contribution in [-0.4, -0.2) is 80.5 Å². The van der Waals surface area contributed by atoms with E-state index in [2.05, 4.69) is 20.0 Å². The molecule has 5 heterocycles. The number of carbonyl (C=O) groups is 2. The molecule has 0 aromatic carbocycles. The molecule has 36 heavy (non-hydrogen) atoms. The molecule has 0 saturated carbocycles. The van der Waals surface area contributed by atoms with Crippen LogP contribution in [-0.2, 0) is 24.2 Å². The van der Waals surface area contributed by atoms with Crippen molar-refractivity contribution in [2.24, 2.45) is 0 Å². The van der Waals surface area contributed by atoms with Gasteiger partial charge in [0.05, 0.1) is 12.2 Å². The third-order valence-corrected chi connectivity index (χ3v) is 7.15. The monoisotopic (exact) mass is 492 g/mol. The topological polar surface area (TPSA) is 109 Å². The summed E-state index contributed by atoms with van der Waals surface area (Å²) in [5.41, 5.74) is 2.48. The minimum atomic E-state index is -0.236. The molecule has 3 aromatic rings. The van der Waals surface area contributed by atoms with Crippen molar-refractivity contribution in [3.8, 4) is 0 Å². The van der Waals surface area contributed by atoms with Gasteiger partial charge in [0.1, 0.15) is 17.7 Å². The van der Waals surface area contributed by atoms with Crippen molar-refractivity contribution in [2.75, 3.05) is 49.1 Å². The highest BCUT2D eigenvalue weighted by molar-refractivity contribution is 5.94. The number of anilines is 2. The average Bonchev–Trinajstić information content (AvgIpc) is 3.60. The van der Waals surface area contributed by atoms with Crippen LogP contribution in [0.15, 0.2) is 23.1 Å². The number of hydrogen-bond donors (Lipinski definition) is 0. The van der Waals surface area contributed by atoms with Gasteiger partial charge in [0.25, 0.3) is 11.5 Å². The lowest BCUT2D eigenvalue weighted by Crippen LogP contribution is -2.51. The van der Waals surface area contributed by atoms with E-state index < -0.39 is 0 Å². The van der Waals surface area contributed by atoms with E-state index in [1.54, 1.807) is 15.7 Å². The highest BCUT2D eigenvalue weighted by Gasteiger charge is 2.29. The number of fused-ring (bicyclic) bond motifs is 1. The summed E-state index contributed by atoms with van der Waals surface area (Å²) in [4.78, 5) is 53.4. The van der Waals surface area contributed by atoms with Gasteiger partial charge in [0.15, 0.2) is 0 Å². The Kier molecular flexibility index (Phi) is 6.71. The van der Waals surface area contributed by atoms with Gasteiger partial charge in [-0.15, -0.1) is 5.10 Å². The summed E-state index contributed by atoms with van der Waals surface area (Å²) in [7, 11) is 0. The predicted molar refractivity (Wildman–Crippen MR) is 136 cm³/mol. The largest absolute Gasteiger partial charge is 0.362 e. The zero-order chi connectivity index (χ0) is 25.2. The molecule has 2 fully saturated rings. The van der Waals surface area contributed by atoms with E-state index in [0.717, 1.165) is 49.9 Å². The SMILES string of the molecule is CCc1cccnc1C(=O)N1CCN(c2c(CC)n(CC=O)c3nc(N4CCCC4)nn3c2=O)CC1. The molecule has 0 atom stereocenters. The second-order valence-corrected chi connectivity index (χ2v) is 9.19. The van der Waals surface area contributed by atoms with E-state index in [1.807, 2.05) is 30.9 Å². The fourth-order valence-electron chi connectivity index (χ4n) is 5.27. The molecule has 2 saturated heterocycles. The predicted octanol–water partition coefficient (Wildman–Crippen LogP) is 1.17. The molecule has 0 spiro atoms. The Bertz CT molecular complexity index is 1330. The maximum Gasteiger partial charge on any atom is 0.299 e.